The molecule has 88 valence electrons. The van der Waals surface area contributed by atoms with E-state index in [1.54, 1.807) is 0 Å². The van der Waals surface area contributed by atoms with Crippen molar-refractivity contribution in [2.45, 2.75) is 38.3 Å². The molecule has 1 aliphatic heterocycles. The molecule has 1 aromatic carbocycles. The minimum atomic E-state index is 0.421. The van der Waals surface area contributed by atoms with Crippen LogP contribution in [0.4, 0.5) is 0 Å². The number of hydrogen-bond acceptors (Lipinski definition) is 2. The van der Waals surface area contributed by atoms with E-state index in [2.05, 4.69) is 36.5 Å². The average molecular weight is 219 g/mol. The van der Waals surface area contributed by atoms with Crippen LogP contribution in [0.25, 0.3) is 0 Å². The maximum Gasteiger partial charge on any atom is 0.0594 e. The molecule has 1 heterocycles. The highest BCUT2D eigenvalue weighted by Crippen LogP contribution is 2.26. The third-order valence-electron chi connectivity index (χ3n) is 3.43. The van der Waals surface area contributed by atoms with E-state index in [4.69, 9.17) is 4.74 Å². The second-order valence-corrected chi connectivity index (χ2v) is 4.57. The Hall–Kier alpha value is -0.860. The maximum absolute atomic E-state index is 5.71. The Morgan fingerprint density at radius 1 is 1.44 bits per heavy atom. The van der Waals surface area contributed by atoms with E-state index in [-0.39, 0.29) is 0 Å². The summed E-state index contributed by atoms with van der Waals surface area (Å²) in [5, 5.41) is 3.41. The molecule has 1 aliphatic rings. The summed E-state index contributed by atoms with van der Waals surface area (Å²) in [6, 6.07) is 9.02. The van der Waals surface area contributed by atoms with Gasteiger partial charge in [0.1, 0.15) is 0 Å². The summed E-state index contributed by atoms with van der Waals surface area (Å²) in [7, 11) is 2.03. The number of ether oxygens (including phenoxy) is 1. The predicted molar refractivity (Wildman–Crippen MR) is 66.6 cm³/mol. The largest absolute Gasteiger partial charge is 0.378 e. The monoisotopic (exact) mass is 219 g/mol. The van der Waals surface area contributed by atoms with Crippen molar-refractivity contribution in [3.63, 3.8) is 0 Å². The molecule has 2 heteroatoms. The fraction of sp³-hybridized carbons (Fsp3) is 0.571. The molecule has 1 saturated heterocycles. The van der Waals surface area contributed by atoms with Crippen LogP contribution >= 0.6 is 0 Å². The molecule has 0 saturated carbocycles. The van der Waals surface area contributed by atoms with Crippen LogP contribution < -0.4 is 5.32 Å². The standard InChI is InChI=1S/C14H21NO/c1-11-6-3-4-8-13(11)14(15-2)10-12-7-5-9-16-12/h3-4,6,8,12,14-15H,5,7,9-10H2,1-2H3. The summed E-state index contributed by atoms with van der Waals surface area (Å²) in [6.07, 6.45) is 3.96. The lowest BCUT2D eigenvalue weighted by atomic mass is 9.96. The Morgan fingerprint density at radius 3 is 2.88 bits per heavy atom. The Kier molecular flexibility index (Phi) is 3.97. The van der Waals surface area contributed by atoms with E-state index in [1.165, 1.54) is 24.0 Å². The van der Waals surface area contributed by atoms with Gasteiger partial charge < -0.3 is 10.1 Å². The van der Waals surface area contributed by atoms with Crippen molar-refractivity contribution in [2.75, 3.05) is 13.7 Å². The highest BCUT2D eigenvalue weighted by Gasteiger charge is 2.21. The van der Waals surface area contributed by atoms with Crippen molar-refractivity contribution in [1.29, 1.82) is 0 Å². The predicted octanol–water partition coefficient (Wildman–Crippen LogP) is 2.82. The van der Waals surface area contributed by atoms with Gasteiger partial charge in [0.25, 0.3) is 0 Å². The van der Waals surface area contributed by atoms with Crippen LogP contribution in [0, 0.1) is 6.92 Å². The lowest BCUT2D eigenvalue weighted by Gasteiger charge is -2.21. The average Bonchev–Trinajstić information content (AvgIpc) is 2.80. The first-order valence-corrected chi connectivity index (χ1v) is 6.15. The molecule has 1 fully saturated rings. The van der Waals surface area contributed by atoms with E-state index in [1.807, 2.05) is 7.05 Å². The van der Waals surface area contributed by atoms with Gasteiger partial charge in [-0.25, -0.2) is 0 Å². The number of nitrogens with one attached hydrogen (secondary N) is 1. The van der Waals surface area contributed by atoms with E-state index < -0.39 is 0 Å². The van der Waals surface area contributed by atoms with E-state index in [9.17, 15) is 0 Å². The van der Waals surface area contributed by atoms with Gasteiger partial charge in [0, 0.05) is 12.6 Å². The summed E-state index contributed by atoms with van der Waals surface area (Å²) < 4.78 is 5.71. The van der Waals surface area contributed by atoms with Crippen LogP contribution in [0.1, 0.15) is 36.4 Å². The van der Waals surface area contributed by atoms with Crippen molar-refractivity contribution in [3.05, 3.63) is 35.4 Å². The summed E-state index contributed by atoms with van der Waals surface area (Å²) in [5.41, 5.74) is 2.76. The third kappa shape index (κ3) is 2.63. The second kappa shape index (κ2) is 5.46. The van der Waals surface area contributed by atoms with Gasteiger partial charge in [-0.2, -0.15) is 0 Å². The molecule has 1 N–H and O–H groups in total. The van der Waals surface area contributed by atoms with E-state index in [0.29, 0.717) is 12.1 Å². The molecule has 0 aromatic heterocycles. The van der Waals surface area contributed by atoms with Crippen LogP contribution in [-0.2, 0) is 4.74 Å². The van der Waals surface area contributed by atoms with Gasteiger partial charge in [-0.1, -0.05) is 24.3 Å². The lowest BCUT2D eigenvalue weighted by molar-refractivity contribution is 0.0953. The quantitative estimate of drug-likeness (QED) is 0.840. The Balaban J connectivity index is 2.06. The van der Waals surface area contributed by atoms with Crippen LogP contribution in [0.2, 0.25) is 0 Å². The van der Waals surface area contributed by atoms with Crippen molar-refractivity contribution in [1.82, 2.24) is 5.32 Å². The highest BCUT2D eigenvalue weighted by atomic mass is 16.5. The molecule has 0 radical (unpaired) electrons. The topological polar surface area (TPSA) is 21.3 Å². The molecule has 16 heavy (non-hydrogen) atoms. The van der Waals surface area contributed by atoms with Crippen molar-refractivity contribution < 1.29 is 4.74 Å². The van der Waals surface area contributed by atoms with Crippen LogP contribution in [0.3, 0.4) is 0 Å². The smallest absolute Gasteiger partial charge is 0.0594 e. The van der Waals surface area contributed by atoms with Crippen LogP contribution in [0.5, 0.6) is 0 Å². The van der Waals surface area contributed by atoms with E-state index in [0.717, 1.165) is 13.0 Å². The zero-order chi connectivity index (χ0) is 11.4. The van der Waals surface area contributed by atoms with Gasteiger partial charge in [-0.3, -0.25) is 0 Å². The Labute approximate surface area is 98.0 Å². The molecule has 0 bridgehead atoms. The number of hydrogen-bond donors (Lipinski definition) is 1. The maximum atomic E-state index is 5.71. The molecule has 0 aliphatic carbocycles. The van der Waals surface area contributed by atoms with Crippen molar-refractivity contribution in [2.24, 2.45) is 0 Å². The Bertz CT molecular complexity index is 331. The molecule has 0 spiro atoms. The molecule has 2 atom stereocenters. The summed E-state index contributed by atoms with van der Waals surface area (Å²) in [6.45, 7) is 3.12. The first-order valence-electron chi connectivity index (χ1n) is 6.15. The van der Waals surface area contributed by atoms with Crippen molar-refractivity contribution in [3.8, 4) is 0 Å². The zero-order valence-electron chi connectivity index (χ0n) is 10.2. The fourth-order valence-corrected chi connectivity index (χ4v) is 2.47. The number of aryl methyl sites for hydroxylation is 1. The normalized spacial score (nSPS) is 22.2. The zero-order valence-corrected chi connectivity index (χ0v) is 10.2. The van der Waals surface area contributed by atoms with Gasteiger partial charge in [-0.15, -0.1) is 0 Å². The van der Waals surface area contributed by atoms with Crippen LogP contribution in [-0.4, -0.2) is 19.8 Å². The van der Waals surface area contributed by atoms with Gasteiger partial charge in [-0.05, 0) is 44.4 Å². The van der Waals surface area contributed by atoms with Crippen molar-refractivity contribution >= 4 is 0 Å². The number of benzene rings is 1. The van der Waals surface area contributed by atoms with Gasteiger partial charge in [0.05, 0.1) is 6.10 Å². The second-order valence-electron chi connectivity index (χ2n) is 4.57. The third-order valence-corrected chi connectivity index (χ3v) is 3.43. The molecule has 0 amide bonds. The molecule has 2 unspecified atom stereocenters. The lowest BCUT2D eigenvalue weighted by Crippen LogP contribution is -2.22. The fourth-order valence-electron chi connectivity index (χ4n) is 2.47. The van der Waals surface area contributed by atoms with Gasteiger partial charge in [0.2, 0.25) is 0 Å². The van der Waals surface area contributed by atoms with E-state index >= 15 is 0 Å². The molecular formula is C14H21NO. The molecular weight excluding hydrogens is 198 g/mol. The molecule has 1 aromatic rings. The molecule has 2 nitrogen and oxygen atoms in total. The Morgan fingerprint density at radius 2 is 2.25 bits per heavy atom. The summed E-state index contributed by atoms with van der Waals surface area (Å²) >= 11 is 0. The SMILES string of the molecule is CNC(CC1CCCO1)c1ccccc1C. The number of rotatable bonds is 4. The summed E-state index contributed by atoms with van der Waals surface area (Å²) in [4.78, 5) is 0. The minimum Gasteiger partial charge on any atom is -0.378 e. The summed E-state index contributed by atoms with van der Waals surface area (Å²) in [5.74, 6) is 0. The molecule has 2 rings (SSSR count). The minimum absolute atomic E-state index is 0.421. The first-order chi connectivity index (χ1) is 7.81. The highest BCUT2D eigenvalue weighted by molar-refractivity contribution is 5.28. The van der Waals surface area contributed by atoms with Gasteiger partial charge in [0.15, 0.2) is 0 Å². The van der Waals surface area contributed by atoms with Crippen LogP contribution in [0.15, 0.2) is 24.3 Å². The van der Waals surface area contributed by atoms with Gasteiger partial charge >= 0.3 is 0 Å². The first kappa shape index (κ1) is 11.6.